The minimum Gasteiger partial charge on any atom is -0.493 e. The average Bonchev–Trinajstić information content (AvgIpc) is 3.40. The van der Waals surface area contributed by atoms with Crippen molar-refractivity contribution in [3.63, 3.8) is 0 Å². The molecule has 2 aromatic carbocycles. The fourth-order valence-electron chi connectivity index (χ4n) is 3.47. The maximum Gasteiger partial charge on any atom is 0.282 e. The minimum absolute atomic E-state index is 0.235. The Morgan fingerprint density at radius 1 is 0.935 bits per heavy atom. The number of amides is 2. The molecule has 0 saturated heterocycles. The lowest BCUT2D eigenvalue weighted by Crippen LogP contribution is -2.32. The van der Waals surface area contributed by atoms with E-state index < -0.39 is 5.91 Å². The predicted molar refractivity (Wildman–Crippen MR) is 123 cm³/mol. The number of anilines is 2. The first kappa shape index (κ1) is 20.7. The van der Waals surface area contributed by atoms with Crippen LogP contribution in [0.4, 0.5) is 11.4 Å². The van der Waals surface area contributed by atoms with Crippen LogP contribution in [-0.2, 0) is 16.0 Å². The Balaban J connectivity index is 1.75. The van der Waals surface area contributed by atoms with Crippen molar-refractivity contribution in [1.82, 2.24) is 0 Å². The molecular formula is C24H22N2O4S. The summed E-state index contributed by atoms with van der Waals surface area (Å²) in [6.07, 6.45) is 0.882. The highest BCUT2D eigenvalue weighted by molar-refractivity contribution is 7.11. The molecule has 0 saturated carbocycles. The summed E-state index contributed by atoms with van der Waals surface area (Å²) in [6.45, 7) is 2.06. The number of imide groups is 1. The van der Waals surface area contributed by atoms with Crippen molar-refractivity contribution in [2.24, 2.45) is 0 Å². The van der Waals surface area contributed by atoms with E-state index in [9.17, 15) is 9.59 Å². The van der Waals surface area contributed by atoms with Crippen LogP contribution in [0.1, 0.15) is 17.4 Å². The monoisotopic (exact) mass is 434 g/mol. The fraction of sp³-hybridized carbons (Fsp3) is 0.167. The molecule has 0 radical (unpaired) electrons. The second-order valence-electron chi connectivity index (χ2n) is 6.89. The van der Waals surface area contributed by atoms with Crippen molar-refractivity contribution in [3.8, 4) is 11.5 Å². The van der Waals surface area contributed by atoms with Crippen molar-refractivity contribution in [1.29, 1.82) is 0 Å². The molecule has 6 nitrogen and oxygen atoms in total. The molecule has 1 aromatic heterocycles. The number of ether oxygens (including phenoxy) is 2. The van der Waals surface area contributed by atoms with Gasteiger partial charge in [-0.25, -0.2) is 4.90 Å². The molecule has 0 spiro atoms. The normalized spacial score (nSPS) is 13.7. The number of carbonyl (C=O) groups excluding carboxylic acids is 2. The van der Waals surface area contributed by atoms with Crippen LogP contribution in [0.15, 0.2) is 65.7 Å². The van der Waals surface area contributed by atoms with Gasteiger partial charge in [-0.1, -0.05) is 25.1 Å². The van der Waals surface area contributed by atoms with E-state index in [4.69, 9.17) is 9.47 Å². The molecule has 0 unspecified atom stereocenters. The molecule has 158 valence electrons. The summed E-state index contributed by atoms with van der Waals surface area (Å²) in [4.78, 5) is 28.7. The zero-order valence-electron chi connectivity index (χ0n) is 17.5. The van der Waals surface area contributed by atoms with E-state index in [0.717, 1.165) is 16.9 Å². The van der Waals surface area contributed by atoms with E-state index in [1.807, 2.05) is 29.6 Å². The average molecular weight is 435 g/mol. The molecule has 3 aromatic rings. The number of carbonyl (C=O) groups is 2. The first-order chi connectivity index (χ1) is 15.1. The van der Waals surface area contributed by atoms with Crippen molar-refractivity contribution in [2.75, 3.05) is 24.4 Å². The first-order valence-electron chi connectivity index (χ1n) is 9.82. The Morgan fingerprint density at radius 3 is 2.29 bits per heavy atom. The molecular weight excluding hydrogens is 412 g/mol. The molecule has 31 heavy (non-hydrogen) atoms. The van der Waals surface area contributed by atoms with E-state index in [-0.39, 0.29) is 11.6 Å². The lowest BCUT2D eigenvalue weighted by Gasteiger charge is -2.16. The highest BCUT2D eigenvalue weighted by Gasteiger charge is 2.40. The van der Waals surface area contributed by atoms with Gasteiger partial charge in [0.05, 0.1) is 25.5 Å². The number of rotatable bonds is 7. The standard InChI is InChI=1S/C24H22N2O4S/c1-4-15-7-10-17(11-8-15)26-23(27)21(20-6-5-13-31-20)22(24(26)28)25-16-9-12-18(29-2)19(14-16)30-3/h5-14,25H,4H2,1-3H3. The molecule has 2 amide bonds. The van der Waals surface area contributed by atoms with E-state index in [2.05, 4.69) is 12.2 Å². The summed E-state index contributed by atoms with van der Waals surface area (Å²) in [6, 6.07) is 16.4. The van der Waals surface area contributed by atoms with Gasteiger partial charge in [0.2, 0.25) is 0 Å². The number of benzene rings is 2. The summed E-state index contributed by atoms with van der Waals surface area (Å²) in [5.41, 5.74) is 2.89. The van der Waals surface area contributed by atoms with Crippen molar-refractivity contribution in [3.05, 3.63) is 76.1 Å². The predicted octanol–water partition coefficient (Wildman–Crippen LogP) is 4.72. The number of nitrogens with zero attached hydrogens (tertiary/aromatic N) is 1. The zero-order chi connectivity index (χ0) is 22.0. The highest BCUT2D eigenvalue weighted by atomic mass is 32.1. The van der Waals surface area contributed by atoms with E-state index in [0.29, 0.717) is 28.4 Å². The smallest absolute Gasteiger partial charge is 0.282 e. The van der Waals surface area contributed by atoms with E-state index in [1.165, 1.54) is 16.2 Å². The Kier molecular flexibility index (Phi) is 5.77. The third kappa shape index (κ3) is 3.80. The van der Waals surface area contributed by atoms with E-state index >= 15 is 0 Å². The van der Waals surface area contributed by atoms with Gasteiger partial charge in [-0.3, -0.25) is 9.59 Å². The van der Waals surface area contributed by atoms with Crippen LogP contribution in [0, 0.1) is 0 Å². The molecule has 0 bridgehead atoms. The molecule has 0 fully saturated rings. The fourth-order valence-corrected chi connectivity index (χ4v) is 4.24. The second kappa shape index (κ2) is 8.65. The van der Waals surface area contributed by atoms with Crippen molar-refractivity contribution >= 4 is 40.1 Å². The Hall–Kier alpha value is -3.58. The summed E-state index contributed by atoms with van der Waals surface area (Å²) >= 11 is 1.42. The van der Waals surface area contributed by atoms with Crippen LogP contribution < -0.4 is 19.7 Å². The largest absolute Gasteiger partial charge is 0.493 e. The highest BCUT2D eigenvalue weighted by Crippen LogP contribution is 2.37. The maximum atomic E-state index is 13.4. The quantitative estimate of drug-likeness (QED) is 0.545. The lowest BCUT2D eigenvalue weighted by molar-refractivity contribution is -0.120. The molecule has 7 heteroatoms. The first-order valence-corrected chi connectivity index (χ1v) is 10.7. The number of aryl methyl sites for hydroxylation is 1. The summed E-state index contributed by atoms with van der Waals surface area (Å²) < 4.78 is 10.6. The van der Waals surface area contributed by atoms with Crippen LogP contribution in [0.2, 0.25) is 0 Å². The van der Waals surface area contributed by atoms with Gasteiger partial charge in [0, 0.05) is 16.6 Å². The Morgan fingerprint density at radius 2 is 1.68 bits per heavy atom. The van der Waals surface area contributed by atoms with Gasteiger partial charge < -0.3 is 14.8 Å². The topological polar surface area (TPSA) is 67.9 Å². The third-order valence-corrected chi connectivity index (χ3v) is 5.99. The van der Waals surface area contributed by atoms with Gasteiger partial charge in [0.1, 0.15) is 5.70 Å². The molecule has 1 N–H and O–H groups in total. The summed E-state index contributed by atoms with van der Waals surface area (Å²) in [7, 11) is 3.10. The van der Waals surface area contributed by atoms with Crippen LogP contribution in [-0.4, -0.2) is 26.0 Å². The van der Waals surface area contributed by atoms with Crippen LogP contribution in [0.5, 0.6) is 11.5 Å². The number of nitrogens with one attached hydrogen (secondary N) is 1. The maximum absolute atomic E-state index is 13.4. The molecule has 2 heterocycles. The van der Waals surface area contributed by atoms with Gasteiger partial charge in [-0.05, 0) is 47.7 Å². The molecule has 0 aliphatic carbocycles. The lowest BCUT2D eigenvalue weighted by atomic mass is 10.1. The van der Waals surface area contributed by atoms with Crippen LogP contribution >= 0.6 is 11.3 Å². The van der Waals surface area contributed by atoms with Gasteiger partial charge in [-0.15, -0.1) is 11.3 Å². The Labute approximate surface area is 184 Å². The molecule has 0 atom stereocenters. The van der Waals surface area contributed by atoms with E-state index in [1.54, 1.807) is 44.6 Å². The van der Waals surface area contributed by atoms with Crippen molar-refractivity contribution in [2.45, 2.75) is 13.3 Å². The van der Waals surface area contributed by atoms with Crippen molar-refractivity contribution < 1.29 is 19.1 Å². The zero-order valence-corrected chi connectivity index (χ0v) is 18.3. The number of thiophene rings is 1. The molecule has 4 rings (SSSR count). The Bertz CT molecular complexity index is 1150. The van der Waals surface area contributed by atoms with Crippen LogP contribution in [0.25, 0.3) is 5.57 Å². The minimum atomic E-state index is -0.396. The van der Waals surface area contributed by atoms with Gasteiger partial charge in [-0.2, -0.15) is 0 Å². The number of hydrogen-bond acceptors (Lipinski definition) is 6. The number of methoxy groups -OCH3 is 2. The van der Waals surface area contributed by atoms with Gasteiger partial charge in [0.25, 0.3) is 11.8 Å². The van der Waals surface area contributed by atoms with Gasteiger partial charge in [0.15, 0.2) is 11.5 Å². The van der Waals surface area contributed by atoms with Crippen LogP contribution in [0.3, 0.4) is 0 Å². The van der Waals surface area contributed by atoms with Gasteiger partial charge >= 0.3 is 0 Å². The molecule has 1 aliphatic rings. The third-order valence-electron chi connectivity index (χ3n) is 5.11. The summed E-state index contributed by atoms with van der Waals surface area (Å²) in [5, 5.41) is 5.03. The summed E-state index contributed by atoms with van der Waals surface area (Å²) in [5.74, 6) is 0.355. The second-order valence-corrected chi connectivity index (χ2v) is 7.84. The molecule has 1 aliphatic heterocycles. The SMILES string of the molecule is CCc1ccc(N2C(=O)C(Nc3ccc(OC)c(OC)c3)=C(c3cccs3)C2=O)cc1. The number of hydrogen-bond donors (Lipinski definition) is 1.